The van der Waals surface area contributed by atoms with Crippen molar-refractivity contribution in [2.24, 2.45) is 0 Å². The van der Waals surface area contributed by atoms with Crippen LogP contribution in [-0.4, -0.2) is 6.10 Å². The highest BCUT2D eigenvalue weighted by Crippen LogP contribution is 2.17. The zero-order valence-electron chi connectivity index (χ0n) is 7.50. The fourth-order valence-electron chi connectivity index (χ4n) is 0.885. The van der Waals surface area contributed by atoms with Gasteiger partial charge in [0.05, 0.1) is 11.8 Å². The Bertz CT molecular complexity index is 247. The van der Waals surface area contributed by atoms with Crippen LogP contribution in [0.25, 0.3) is 0 Å². The second-order valence-electron chi connectivity index (χ2n) is 2.86. The van der Waals surface area contributed by atoms with Gasteiger partial charge in [0.2, 0.25) is 0 Å². The number of hydrogen-bond donors (Lipinski definition) is 0. The van der Waals surface area contributed by atoms with E-state index in [1.807, 2.05) is 19.1 Å². The molecule has 1 aromatic rings. The van der Waals surface area contributed by atoms with Gasteiger partial charge in [-0.1, -0.05) is 13.0 Å². The fourth-order valence-corrected chi connectivity index (χ4v) is 0.885. The highest BCUT2D eigenvalue weighted by Gasteiger charge is 2.00. The van der Waals surface area contributed by atoms with Crippen molar-refractivity contribution in [2.75, 3.05) is 0 Å². The number of nitrogens with one attached hydrogen (secondary N) is 1. The van der Waals surface area contributed by atoms with Gasteiger partial charge < -0.3 is 10.5 Å². The first-order valence-corrected chi connectivity index (χ1v) is 4.20. The molecule has 0 bridgehead atoms. The highest BCUT2D eigenvalue weighted by atomic mass is 16.5. The van der Waals surface area contributed by atoms with Crippen molar-refractivity contribution in [3.63, 3.8) is 0 Å². The normalized spacial score (nSPS) is 12.5. The van der Waals surface area contributed by atoms with Crippen molar-refractivity contribution in [1.29, 1.82) is 0 Å². The Balaban J connectivity index is 2.63. The molecule has 0 fully saturated rings. The molecule has 0 aromatic heterocycles. The van der Waals surface area contributed by atoms with Gasteiger partial charge in [-0.25, -0.2) is 0 Å². The van der Waals surface area contributed by atoms with Gasteiger partial charge in [-0.3, -0.25) is 0 Å². The topological polar surface area (TPSA) is 33.0 Å². The lowest BCUT2D eigenvalue weighted by atomic mass is 10.3. The van der Waals surface area contributed by atoms with Gasteiger partial charge in [0.25, 0.3) is 0 Å². The van der Waals surface area contributed by atoms with Crippen LogP contribution in [0.15, 0.2) is 24.3 Å². The van der Waals surface area contributed by atoms with Crippen LogP contribution in [0.1, 0.15) is 20.3 Å². The average molecular weight is 164 g/mol. The zero-order valence-corrected chi connectivity index (χ0v) is 7.50. The maximum atomic E-state index is 7.36. The summed E-state index contributed by atoms with van der Waals surface area (Å²) in [6.45, 7) is 4.10. The van der Waals surface area contributed by atoms with Crippen molar-refractivity contribution in [3.05, 3.63) is 24.3 Å². The zero-order chi connectivity index (χ0) is 8.97. The smallest absolute Gasteiger partial charge is 0.121 e. The van der Waals surface area contributed by atoms with E-state index < -0.39 is 0 Å². The number of hydrogen-bond acceptors (Lipinski definition) is 1. The van der Waals surface area contributed by atoms with E-state index >= 15 is 0 Å². The minimum Gasteiger partial charge on any atom is -0.491 e. The van der Waals surface area contributed by atoms with Crippen molar-refractivity contribution in [2.45, 2.75) is 26.4 Å². The summed E-state index contributed by atoms with van der Waals surface area (Å²) >= 11 is 0. The van der Waals surface area contributed by atoms with Gasteiger partial charge in [0, 0.05) is 6.07 Å². The van der Waals surface area contributed by atoms with Crippen LogP contribution in [0, 0.1) is 0 Å². The molecule has 1 atom stereocenters. The summed E-state index contributed by atoms with van der Waals surface area (Å²) in [5.41, 5.74) is 7.85. The van der Waals surface area contributed by atoms with Crippen LogP contribution < -0.4 is 10.5 Å². The maximum Gasteiger partial charge on any atom is 0.121 e. The van der Waals surface area contributed by atoms with E-state index in [4.69, 9.17) is 10.5 Å². The van der Waals surface area contributed by atoms with E-state index in [1.54, 1.807) is 12.1 Å². The summed E-state index contributed by atoms with van der Waals surface area (Å²) in [6.07, 6.45) is 1.22. The van der Waals surface area contributed by atoms with Crippen molar-refractivity contribution in [3.8, 4) is 5.75 Å². The molecule has 1 N–H and O–H groups in total. The Morgan fingerprint density at radius 3 is 2.83 bits per heavy atom. The second kappa shape index (κ2) is 4.00. The first-order valence-electron chi connectivity index (χ1n) is 4.20. The summed E-state index contributed by atoms with van der Waals surface area (Å²) in [6, 6.07) is 7.18. The lowest BCUT2D eigenvalue weighted by molar-refractivity contribution is 0.217. The molecular weight excluding hydrogens is 150 g/mol. The van der Waals surface area contributed by atoms with Gasteiger partial charge >= 0.3 is 0 Å². The van der Waals surface area contributed by atoms with Crippen molar-refractivity contribution < 1.29 is 4.74 Å². The Morgan fingerprint density at radius 2 is 2.25 bits per heavy atom. The summed E-state index contributed by atoms with van der Waals surface area (Å²) in [5.74, 6) is 0.789. The molecule has 0 aliphatic carbocycles. The van der Waals surface area contributed by atoms with E-state index in [1.165, 1.54) is 0 Å². The first-order chi connectivity index (χ1) is 5.72. The van der Waals surface area contributed by atoms with Gasteiger partial charge in [0.1, 0.15) is 5.75 Å². The van der Waals surface area contributed by atoms with E-state index in [-0.39, 0.29) is 6.10 Å². The largest absolute Gasteiger partial charge is 0.491 e. The van der Waals surface area contributed by atoms with Crippen LogP contribution in [0.2, 0.25) is 0 Å². The molecule has 2 heteroatoms. The van der Waals surface area contributed by atoms with Gasteiger partial charge in [-0.05, 0) is 25.5 Å². The first kappa shape index (κ1) is 8.91. The Hall–Kier alpha value is -1.18. The van der Waals surface area contributed by atoms with E-state index in [0.717, 1.165) is 12.2 Å². The quantitative estimate of drug-likeness (QED) is 0.676. The van der Waals surface area contributed by atoms with E-state index in [0.29, 0.717) is 5.69 Å². The van der Waals surface area contributed by atoms with Crippen molar-refractivity contribution >= 4 is 5.69 Å². The van der Waals surface area contributed by atoms with Gasteiger partial charge in [-0.2, -0.15) is 0 Å². The molecule has 65 valence electrons. The van der Waals surface area contributed by atoms with Gasteiger partial charge in [0.15, 0.2) is 0 Å². The molecule has 0 heterocycles. The molecule has 0 aliphatic heterocycles. The molecule has 12 heavy (non-hydrogen) atoms. The molecule has 0 aliphatic rings. The van der Waals surface area contributed by atoms with Crippen LogP contribution >= 0.6 is 0 Å². The number of benzene rings is 1. The molecule has 2 nitrogen and oxygen atoms in total. The molecule has 0 saturated carbocycles. The average Bonchev–Trinajstić information content (AvgIpc) is 2.04. The lowest BCUT2D eigenvalue weighted by Gasteiger charge is -2.12. The third kappa shape index (κ3) is 2.46. The predicted molar refractivity (Wildman–Crippen MR) is 49.6 cm³/mol. The number of ether oxygens (including phenoxy) is 1. The van der Waals surface area contributed by atoms with E-state index in [2.05, 4.69) is 6.92 Å². The third-order valence-corrected chi connectivity index (χ3v) is 1.75. The van der Waals surface area contributed by atoms with Crippen molar-refractivity contribution in [1.82, 2.24) is 5.73 Å². The molecule has 1 rings (SSSR count). The summed E-state index contributed by atoms with van der Waals surface area (Å²) in [4.78, 5) is 0. The molecule has 0 saturated heterocycles. The van der Waals surface area contributed by atoms with Crippen LogP contribution in [-0.2, 0) is 0 Å². The highest BCUT2D eigenvalue weighted by molar-refractivity contribution is 5.40. The summed E-state index contributed by atoms with van der Waals surface area (Å²) in [5, 5.41) is 0. The maximum absolute atomic E-state index is 7.36. The van der Waals surface area contributed by atoms with Crippen LogP contribution in [0.4, 0.5) is 5.69 Å². The molecular formula is C10H14NO. The Labute approximate surface area is 73.3 Å². The SMILES string of the molecule is CCC(C)Oc1cccc([NH])c1. The van der Waals surface area contributed by atoms with E-state index in [9.17, 15) is 0 Å². The number of rotatable bonds is 3. The second-order valence-corrected chi connectivity index (χ2v) is 2.86. The Kier molecular flexibility index (Phi) is 2.97. The van der Waals surface area contributed by atoms with Gasteiger partial charge in [-0.15, -0.1) is 0 Å². The Morgan fingerprint density at radius 1 is 1.50 bits per heavy atom. The standard InChI is InChI=1S/C10H14NO/c1-3-8(2)12-10-6-4-5-9(11)7-10/h4-8,11H,3H2,1-2H3. The molecule has 0 amide bonds. The molecule has 1 aromatic carbocycles. The predicted octanol–water partition coefficient (Wildman–Crippen LogP) is 2.78. The van der Waals surface area contributed by atoms with Crippen LogP contribution in [0.3, 0.4) is 0 Å². The minimum absolute atomic E-state index is 0.229. The minimum atomic E-state index is 0.229. The molecule has 1 radical (unpaired) electrons. The monoisotopic (exact) mass is 164 g/mol. The fraction of sp³-hybridized carbons (Fsp3) is 0.400. The summed E-state index contributed by atoms with van der Waals surface area (Å²) in [7, 11) is 0. The molecule has 0 spiro atoms. The lowest BCUT2D eigenvalue weighted by Crippen LogP contribution is -2.09. The molecule has 1 unspecified atom stereocenters. The van der Waals surface area contributed by atoms with Crippen LogP contribution in [0.5, 0.6) is 5.75 Å². The third-order valence-electron chi connectivity index (χ3n) is 1.75. The summed E-state index contributed by atoms with van der Waals surface area (Å²) < 4.78 is 5.52.